The van der Waals surface area contributed by atoms with Crippen molar-refractivity contribution in [2.45, 2.75) is 19.9 Å². The zero-order valence-corrected chi connectivity index (χ0v) is 19.2. The van der Waals surface area contributed by atoms with E-state index in [4.69, 9.17) is 14.5 Å². The lowest BCUT2D eigenvalue weighted by Gasteiger charge is -2.22. The first kappa shape index (κ1) is 24.9. The molecule has 0 bridgehead atoms. The van der Waals surface area contributed by atoms with Crippen LogP contribution in [-0.2, 0) is 11.3 Å². The van der Waals surface area contributed by atoms with Crippen LogP contribution in [0.1, 0.15) is 18.9 Å². The quantitative estimate of drug-likeness (QED) is 0.230. The van der Waals surface area contributed by atoms with E-state index in [2.05, 4.69) is 48.3 Å². The Morgan fingerprint density at radius 3 is 2.38 bits per heavy atom. The molecule has 1 aromatic carbocycles. The van der Waals surface area contributed by atoms with Gasteiger partial charge in [0.05, 0.1) is 13.7 Å². The van der Waals surface area contributed by atoms with Gasteiger partial charge in [0.1, 0.15) is 5.75 Å². The van der Waals surface area contributed by atoms with Crippen molar-refractivity contribution in [3.05, 3.63) is 29.8 Å². The molecule has 0 saturated carbocycles. The van der Waals surface area contributed by atoms with Crippen molar-refractivity contribution in [1.82, 2.24) is 15.1 Å². The van der Waals surface area contributed by atoms with Gasteiger partial charge in [-0.25, -0.2) is 0 Å². The van der Waals surface area contributed by atoms with Gasteiger partial charge in [0.15, 0.2) is 5.96 Å². The molecule has 26 heavy (non-hydrogen) atoms. The van der Waals surface area contributed by atoms with Gasteiger partial charge in [-0.15, -0.1) is 24.0 Å². The van der Waals surface area contributed by atoms with Crippen LogP contribution in [0.25, 0.3) is 0 Å². The number of likely N-dealkylation sites (N-methyl/N-ethyl adjacent to an activating group) is 1. The molecule has 6 nitrogen and oxygen atoms in total. The molecule has 0 fully saturated rings. The number of halogens is 1. The zero-order chi connectivity index (χ0) is 18.5. The number of rotatable bonds is 11. The summed E-state index contributed by atoms with van der Waals surface area (Å²) in [5.74, 6) is 1.82. The molecule has 0 aliphatic carbocycles. The van der Waals surface area contributed by atoms with Gasteiger partial charge in [-0.05, 0) is 44.6 Å². The minimum absolute atomic E-state index is 0. The Balaban J connectivity index is 0.00000625. The van der Waals surface area contributed by atoms with E-state index < -0.39 is 0 Å². The van der Waals surface area contributed by atoms with E-state index in [1.165, 1.54) is 5.56 Å². The normalized spacial score (nSPS) is 11.2. The Morgan fingerprint density at radius 2 is 1.81 bits per heavy atom. The summed E-state index contributed by atoms with van der Waals surface area (Å²) in [6.07, 6.45) is 1.03. The van der Waals surface area contributed by atoms with E-state index in [1.54, 1.807) is 14.2 Å². The number of hydrogen-bond donors (Lipinski definition) is 1. The predicted octanol–water partition coefficient (Wildman–Crippen LogP) is 2.68. The summed E-state index contributed by atoms with van der Waals surface area (Å²) < 4.78 is 10.3. The Hall–Kier alpha value is -1.06. The highest BCUT2D eigenvalue weighted by Crippen LogP contribution is 2.12. The van der Waals surface area contributed by atoms with Crippen LogP contribution in [0.4, 0.5) is 0 Å². The lowest BCUT2D eigenvalue weighted by Crippen LogP contribution is -2.38. The van der Waals surface area contributed by atoms with Crippen molar-refractivity contribution < 1.29 is 9.47 Å². The van der Waals surface area contributed by atoms with Crippen molar-refractivity contribution in [3.63, 3.8) is 0 Å². The Labute approximate surface area is 176 Å². The van der Waals surface area contributed by atoms with E-state index in [0.29, 0.717) is 0 Å². The van der Waals surface area contributed by atoms with Gasteiger partial charge in [-0.2, -0.15) is 0 Å². The number of nitrogens with one attached hydrogen (secondary N) is 1. The highest BCUT2D eigenvalue weighted by molar-refractivity contribution is 14.0. The molecular weight excluding hydrogens is 443 g/mol. The second-order valence-corrected chi connectivity index (χ2v) is 6.09. The first-order valence-electron chi connectivity index (χ1n) is 8.90. The first-order valence-corrected chi connectivity index (χ1v) is 8.90. The van der Waals surface area contributed by atoms with Crippen LogP contribution in [0.2, 0.25) is 0 Å². The number of ether oxygens (including phenoxy) is 2. The molecule has 0 radical (unpaired) electrons. The Bertz CT molecular complexity index is 497. The topological polar surface area (TPSA) is 49.3 Å². The van der Waals surface area contributed by atoms with Crippen molar-refractivity contribution in [1.29, 1.82) is 0 Å². The van der Waals surface area contributed by atoms with Gasteiger partial charge in [-0.3, -0.25) is 4.99 Å². The molecule has 0 saturated heterocycles. The minimum atomic E-state index is 0. The highest BCUT2D eigenvalue weighted by Gasteiger charge is 2.07. The van der Waals surface area contributed by atoms with E-state index in [0.717, 1.165) is 57.5 Å². The molecule has 7 heteroatoms. The van der Waals surface area contributed by atoms with Gasteiger partial charge in [0.2, 0.25) is 0 Å². The minimum Gasteiger partial charge on any atom is -0.497 e. The van der Waals surface area contributed by atoms with Crippen LogP contribution >= 0.6 is 24.0 Å². The molecule has 0 aliphatic rings. The largest absolute Gasteiger partial charge is 0.497 e. The number of methoxy groups -OCH3 is 2. The third-order valence-electron chi connectivity index (χ3n) is 3.91. The number of hydrogen-bond acceptors (Lipinski definition) is 4. The maximum atomic E-state index is 5.21. The van der Waals surface area contributed by atoms with Gasteiger partial charge in [0.25, 0.3) is 0 Å². The molecule has 0 aliphatic heterocycles. The first-order chi connectivity index (χ1) is 12.1. The number of guanidine groups is 1. The molecule has 1 rings (SSSR count). The predicted molar refractivity (Wildman–Crippen MR) is 120 cm³/mol. The molecule has 0 amide bonds. The fourth-order valence-corrected chi connectivity index (χ4v) is 2.43. The summed E-state index contributed by atoms with van der Waals surface area (Å²) in [6.45, 7) is 7.32. The molecule has 1 aromatic rings. The molecule has 150 valence electrons. The van der Waals surface area contributed by atoms with E-state index in [1.807, 2.05) is 12.1 Å². The second kappa shape index (κ2) is 15.0. The zero-order valence-electron chi connectivity index (χ0n) is 16.8. The average molecular weight is 478 g/mol. The second-order valence-electron chi connectivity index (χ2n) is 6.09. The molecule has 0 unspecified atom stereocenters. The van der Waals surface area contributed by atoms with Crippen LogP contribution < -0.4 is 10.1 Å². The van der Waals surface area contributed by atoms with Gasteiger partial charge in [0, 0.05) is 40.3 Å². The van der Waals surface area contributed by atoms with Gasteiger partial charge in [-0.1, -0.05) is 12.1 Å². The summed E-state index contributed by atoms with van der Waals surface area (Å²) in [6, 6.07) is 8.15. The molecule has 0 heterocycles. The van der Waals surface area contributed by atoms with Crippen LogP contribution in [0.5, 0.6) is 5.75 Å². The number of nitrogens with zero attached hydrogens (tertiary/aromatic N) is 3. The third kappa shape index (κ3) is 10.2. The maximum Gasteiger partial charge on any atom is 0.193 e. The fraction of sp³-hybridized carbons (Fsp3) is 0.632. The van der Waals surface area contributed by atoms with Crippen LogP contribution in [0.15, 0.2) is 29.3 Å². The fourth-order valence-electron chi connectivity index (χ4n) is 2.43. The lowest BCUT2D eigenvalue weighted by molar-refractivity contribution is 0.161. The highest BCUT2D eigenvalue weighted by atomic mass is 127. The molecule has 0 spiro atoms. The number of aliphatic imine (C=N–C) groups is 1. The van der Waals surface area contributed by atoms with E-state index in [-0.39, 0.29) is 24.0 Å². The van der Waals surface area contributed by atoms with Crippen molar-refractivity contribution >= 4 is 29.9 Å². The van der Waals surface area contributed by atoms with Crippen LogP contribution in [0, 0.1) is 0 Å². The molecular formula is C19H35IN4O2. The van der Waals surface area contributed by atoms with Gasteiger partial charge < -0.3 is 24.6 Å². The Kier molecular flexibility index (Phi) is 14.4. The SMILES string of the molecule is CCNC(=NCCCN(C)CCOC)N(C)Cc1ccc(OC)cc1.I. The number of benzene rings is 1. The summed E-state index contributed by atoms with van der Waals surface area (Å²) in [4.78, 5) is 9.17. The Morgan fingerprint density at radius 1 is 1.12 bits per heavy atom. The monoisotopic (exact) mass is 478 g/mol. The molecule has 0 aromatic heterocycles. The summed E-state index contributed by atoms with van der Waals surface area (Å²) >= 11 is 0. The summed E-state index contributed by atoms with van der Waals surface area (Å²) in [7, 11) is 7.60. The van der Waals surface area contributed by atoms with Crippen LogP contribution in [-0.4, -0.2) is 76.9 Å². The van der Waals surface area contributed by atoms with Gasteiger partial charge >= 0.3 is 0 Å². The summed E-state index contributed by atoms with van der Waals surface area (Å²) in [5.41, 5.74) is 1.23. The molecule has 1 N–H and O–H groups in total. The average Bonchev–Trinajstić information content (AvgIpc) is 2.63. The van der Waals surface area contributed by atoms with E-state index >= 15 is 0 Å². The van der Waals surface area contributed by atoms with Crippen LogP contribution in [0.3, 0.4) is 0 Å². The lowest BCUT2D eigenvalue weighted by atomic mass is 10.2. The molecule has 0 atom stereocenters. The van der Waals surface area contributed by atoms with E-state index in [9.17, 15) is 0 Å². The van der Waals surface area contributed by atoms with Crippen molar-refractivity contribution in [2.24, 2.45) is 4.99 Å². The van der Waals surface area contributed by atoms with Crippen molar-refractivity contribution in [2.75, 3.05) is 61.1 Å². The van der Waals surface area contributed by atoms with Crippen molar-refractivity contribution in [3.8, 4) is 5.75 Å². The summed E-state index contributed by atoms with van der Waals surface area (Å²) in [5, 5.41) is 3.37. The third-order valence-corrected chi connectivity index (χ3v) is 3.91. The maximum absolute atomic E-state index is 5.21. The smallest absolute Gasteiger partial charge is 0.193 e. The standard InChI is InChI=1S/C19H34N4O2.HI/c1-6-20-19(21-12-7-13-22(2)14-15-24-4)23(3)16-17-8-10-18(25-5)11-9-17;/h8-11H,6-7,12-16H2,1-5H3,(H,20,21);1H.